The first-order valence-electron chi connectivity index (χ1n) is 11.0. The zero-order valence-corrected chi connectivity index (χ0v) is 18.2. The van der Waals surface area contributed by atoms with Crippen LogP contribution < -0.4 is 4.74 Å². The SMILES string of the molecule is Cc1cc(OC(=O)[C@H](c2ccccc2)N2C(=O)[C@@H]3[C@H]4C=C[C@@H]([C@@H]5C[C@H]45)[C@H]3C2=O)ccc1Cl. The molecule has 7 rings (SSSR count). The van der Waals surface area contributed by atoms with E-state index in [2.05, 4.69) is 12.2 Å². The molecule has 7 atom stereocenters. The van der Waals surface area contributed by atoms with Crippen molar-refractivity contribution < 1.29 is 19.1 Å². The largest absolute Gasteiger partial charge is 0.425 e. The number of carbonyl (C=O) groups is 3. The maximum Gasteiger partial charge on any atom is 0.339 e. The lowest BCUT2D eigenvalue weighted by atomic mass is 9.63. The molecule has 162 valence electrons. The van der Waals surface area contributed by atoms with Gasteiger partial charge in [-0.25, -0.2) is 4.79 Å². The van der Waals surface area contributed by atoms with Gasteiger partial charge in [0.2, 0.25) is 11.8 Å². The molecular weight excluding hydrogens is 426 g/mol. The van der Waals surface area contributed by atoms with Crippen molar-refractivity contribution in [2.45, 2.75) is 19.4 Å². The van der Waals surface area contributed by atoms with Gasteiger partial charge in [0.1, 0.15) is 5.75 Å². The lowest BCUT2D eigenvalue weighted by Crippen LogP contribution is -2.41. The summed E-state index contributed by atoms with van der Waals surface area (Å²) in [7, 11) is 0. The number of hydrogen-bond acceptors (Lipinski definition) is 4. The highest BCUT2D eigenvalue weighted by Crippen LogP contribution is 2.65. The lowest BCUT2D eigenvalue weighted by molar-refractivity contribution is -0.154. The number of hydrogen-bond donors (Lipinski definition) is 0. The molecule has 32 heavy (non-hydrogen) atoms. The van der Waals surface area contributed by atoms with Crippen LogP contribution in [0.25, 0.3) is 0 Å². The third-order valence-electron chi connectivity index (χ3n) is 7.64. The van der Waals surface area contributed by atoms with Crippen molar-refractivity contribution in [3.05, 3.63) is 76.8 Å². The topological polar surface area (TPSA) is 63.7 Å². The van der Waals surface area contributed by atoms with E-state index in [1.807, 2.05) is 13.0 Å². The van der Waals surface area contributed by atoms with Crippen molar-refractivity contribution in [2.75, 3.05) is 0 Å². The second-order valence-electron chi connectivity index (χ2n) is 9.35. The summed E-state index contributed by atoms with van der Waals surface area (Å²) < 4.78 is 5.67. The molecule has 3 fully saturated rings. The van der Waals surface area contributed by atoms with Gasteiger partial charge in [-0.2, -0.15) is 0 Å². The summed E-state index contributed by atoms with van der Waals surface area (Å²) in [5.74, 6) is -0.336. The number of halogens is 1. The molecule has 0 spiro atoms. The second kappa shape index (κ2) is 7.04. The minimum atomic E-state index is -1.12. The molecule has 5 aliphatic rings. The number of nitrogens with zero attached hydrogens (tertiary/aromatic N) is 1. The van der Waals surface area contributed by atoms with Gasteiger partial charge in [-0.1, -0.05) is 54.1 Å². The molecule has 1 aliphatic heterocycles. The van der Waals surface area contributed by atoms with Crippen LogP contribution >= 0.6 is 11.6 Å². The number of rotatable bonds is 4. The van der Waals surface area contributed by atoms with E-state index in [0.717, 1.165) is 12.0 Å². The highest BCUT2D eigenvalue weighted by Gasteiger charge is 2.68. The fraction of sp³-hybridized carbons (Fsp3) is 0.346. The fourth-order valence-corrected chi connectivity index (χ4v) is 6.23. The molecule has 0 aromatic heterocycles. The molecule has 4 aliphatic carbocycles. The van der Waals surface area contributed by atoms with Crippen LogP contribution in [0.2, 0.25) is 5.02 Å². The van der Waals surface area contributed by atoms with E-state index in [0.29, 0.717) is 28.2 Å². The van der Waals surface area contributed by atoms with Gasteiger partial charge in [0.15, 0.2) is 6.04 Å². The van der Waals surface area contributed by atoms with Crippen LogP contribution in [-0.2, 0) is 14.4 Å². The Hall–Kier alpha value is -2.92. The van der Waals surface area contributed by atoms with E-state index in [4.69, 9.17) is 16.3 Å². The number of carbonyl (C=O) groups excluding carboxylic acids is 3. The Balaban J connectivity index is 1.37. The van der Waals surface area contributed by atoms with Gasteiger partial charge in [0.05, 0.1) is 11.8 Å². The number of aryl methyl sites for hydroxylation is 1. The zero-order chi connectivity index (χ0) is 22.1. The summed E-state index contributed by atoms with van der Waals surface area (Å²) in [6.45, 7) is 1.82. The minimum Gasteiger partial charge on any atom is -0.425 e. The van der Waals surface area contributed by atoms with Gasteiger partial charge >= 0.3 is 5.97 Å². The first-order valence-corrected chi connectivity index (χ1v) is 11.4. The molecule has 0 radical (unpaired) electrons. The van der Waals surface area contributed by atoms with Crippen molar-refractivity contribution in [3.63, 3.8) is 0 Å². The van der Waals surface area contributed by atoms with Gasteiger partial charge < -0.3 is 4.74 Å². The summed E-state index contributed by atoms with van der Waals surface area (Å²) in [6, 6.07) is 12.8. The average Bonchev–Trinajstić information content (AvgIpc) is 3.57. The van der Waals surface area contributed by atoms with Gasteiger partial charge in [0.25, 0.3) is 0 Å². The molecule has 0 N–H and O–H groups in total. The van der Waals surface area contributed by atoms with E-state index in [-0.39, 0.29) is 35.5 Å². The van der Waals surface area contributed by atoms with E-state index in [9.17, 15) is 14.4 Å². The van der Waals surface area contributed by atoms with Gasteiger partial charge in [0, 0.05) is 5.02 Å². The number of likely N-dealkylation sites (tertiary alicyclic amines) is 1. The molecular formula is C26H22ClNO4. The summed E-state index contributed by atoms with van der Waals surface area (Å²) in [4.78, 5) is 41.9. The second-order valence-corrected chi connectivity index (χ2v) is 9.75. The molecule has 1 saturated heterocycles. The first kappa shape index (κ1) is 19.7. The van der Waals surface area contributed by atoms with Crippen LogP contribution in [0.4, 0.5) is 0 Å². The molecule has 2 saturated carbocycles. The Labute approximate surface area is 191 Å². The monoisotopic (exact) mass is 447 g/mol. The van der Waals surface area contributed by atoms with Gasteiger partial charge in [-0.15, -0.1) is 0 Å². The Morgan fingerprint density at radius 3 is 2.22 bits per heavy atom. The molecule has 2 bridgehead atoms. The number of imide groups is 1. The Morgan fingerprint density at radius 1 is 1.00 bits per heavy atom. The number of allylic oxidation sites excluding steroid dienone is 2. The van der Waals surface area contributed by atoms with Crippen molar-refractivity contribution in [2.24, 2.45) is 35.5 Å². The van der Waals surface area contributed by atoms with Crippen molar-refractivity contribution >= 4 is 29.4 Å². The summed E-state index contributed by atoms with van der Waals surface area (Å²) >= 11 is 6.09. The Morgan fingerprint density at radius 2 is 1.62 bits per heavy atom. The molecule has 2 amide bonds. The van der Waals surface area contributed by atoms with E-state index in [1.165, 1.54) is 4.90 Å². The van der Waals surface area contributed by atoms with Crippen molar-refractivity contribution in [3.8, 4) is 5.75 Å². The minimum absolute atomic E-state index is 0.0998. The van der Waals surface area contributed by atoms with E-state index >= 15 is 0 Å². The summed E-state index contributed by atoms with van der Waals surface area (Å²) in [6.07, 6.45) is 5.35. The number of amides is 2. The van der Waals surface area contributed by atoms with Crippen LogP contribution in [0, 0.1) is 42.4 Å². The summed E-state index contributed by atoms with van der Waals surface area (Å²) in [5, 5.41) is 0.569. The molecule has 2 aromatic carbocycles. The number of ether oxygens (including phenoxy) is 1. The molecule has 2 aromatic rings. The first-order chi connectivity index (χ1) is 15.5. The lowest BCUT2D eigenvalue weighted by Gasteiger charge is -2.37. The Kier molecular flexibility index (Phi) is 4.34. The molecule has 5 nitrogen and oxygen atoms in total. The van der Waals surface area contributed by atoms with Crippen molar-refractivity contribution in [1.82, 2.24) is 4.90 Å². The highest BCUT2D eigenvalue weighted by molar-refractivity contribution is 6.31. The summed E-state index contributed by atoms with van der Waals surface area (Å²) in [5.41, 5.74) is 1.34. The molecule has 1 heterocycles. The number of esters is 1. The molecule has 0 unspecified atom stereocenters. The quantitative estimate of drug-likeness (QED) is 0.302. The Bertz CT molecular complexity index is 1140. The maximum atomic E-state index is 13.6. The average molecular weight is 448 g/mol. The third-order valence-corrected chi connectivity index (χ3v) is 8.07. The maximum absolute atomic E-state index is 13.6. The highest BCUT2D eigenvalue weighted by atomic mass is 35.5. The number of benzene rings is 2. The standard InChI is InChI=1S/C26H22ClNO4/c1-13-11-15(7-10-20(13)27)32-26(31)23(14-5-3-2-4-6-14)28-24(29)21-16-8-9-17(19-12-18(16)19)22(21)25(28)30/h2-11,16-19,21-23H,12H2,1H3/t16-,17-,18-,19+,21+,22+,23-/m0/s1. The van der Waals surface area contributed by atoms with E-state index in [1.54, 1.807) is 42.5 Å². The van der Waals surface area contributed by atoms with Crippen molar-refractivity contribution in [1.29, 1.82) is 0 Å². The van der Waals surface area contributed by atoms with Gasteiger partial charge in [-0.3, -0.25) is 14.5 Å². The van der Waals surface area contributed by atoms with Gasteiger partial charge in [-0.05, 0) is 66.3 Å². The normalized spacial score (nSPS) is 32.5. The van der Waals surface area contributed by atoms with Crippen LogP contribution in [0.1, 0.15) is 23.6 Å². The van der Waals surface area contributed by atoms with Crippen LogP contribution in [0.5, 0.6) is 5.75 Å². The van der Waals surface area contributed by atoms with Crippen LogP contribution in [0.15, 0.2) is 60.7 Å². The fourth-order valence-electron chi connectivity index (χ4n) is 6.11. The zero-order valence-electron chi connectivity index (χ0n) is 17.5. The molecule has 6 heteroatoms. The van der Waals surface area contributed by atoms with E-state index < -0.39 is 12.0 Å². The smallest absolute Gasteiger partial charge is 0.339 e. The van der Waals surface area contributed by atoms with Crippen LogP contribution in [-0.4, -0.2) is 22.7 Å². The predicted molar refractivity (Wildman–Crippen MR) is 118 cm³/mol. The van der Waals surface area contributed by atoms with Crippen LogP contribution in [0.3, 0.4) is 0 Å². The predicted octanol–water partition coefficient (Wildman–Crippen LogP) is 4.35. The third kappa shape index (κ3) is 2.80.